The van der Waals surface area contributed by atoms with E-state index < -0.39 is 23.5 Å². The van der Waals surface area contributed by atoms with Gasteiger partial charge in [0.1, 0.15) is 24.6 Å². The summed E-state index contributed by atoms with van der Waals surface area (Å²) in [6, 6.07) is 2.55. The number of pyridine rings is 1. The fraction of sp³-hybridized carbons (Fsp3) is 0.333. The summed E-state index contributed by atoms with van der Waals surface area (Å²) in [6.45, 7) is 2.30. The molecule has 0 spiro atoms. The first-order chi connectivity index (χ1) is 16.0. The monoisotopic (exact) mass is 496 g/mol. The molecule has 0 atom stereocenters. The van der Waals surface area contributed by atoms with Gasteiger partial charge >= 0.3 is 12.3 Å². The van der Waals surface area contributed by atoms with E-state index in [0.717, 1.165) is 11.0 Å². The quantitative estimate of drug-likeness (QED) is 0.555. The Morgan fingerprint density at radius 1 is 1.35 bits per heavy atom. The van der Waals surface area contributed by atoms with Gasteiger partial charge in [0.15, 0.2) is 5.75 Å². The van der Waals surface area contributed by atoms with E-state index in [1.807, 2.05) is 4.90 Å². The maximum atomic E-state index is 13.9. The number of carbonyl (C=O) groups is 1. The molecular weight excluding hydrogens is 477 g/mol. The van der Waals surface area contributed by atoms with Gasteiger partial charge in [-0.05, 0) is 24.6 Å². The van der Waals surface area contributed by atoms with E-state index in [-0.39, 0.29) is 40.9 Å². The molecule has 1 aliphatic rings. The van der Waals surface area contributed by atoms with Crippen molar-refractivity contribution in [3.63, 3.8) is 0 Å². The predicted octanol–water partition coefficient (Wildman–Crippen LogP) is 4.06. The first kappa shape index (κ1) is 23.6. The average molecular weight is 497 g/mol. The Kier molecular flexibility index (Phi) is 6.02. The van der Waals surface area contributed by atoms with Crippen molar-refractivity contribution in [1.29, 1.82) is 0 Å². The number of nitrogens with zero attached hydrogens (tertiary/aromatic N) is 5. The van der Waals surface area contributed by atoms with Crippen molar-refractivity contribution in [2.24, 2.45) is 0 Å². The number of alkyl halides is 3. The molecule has 2 aromatic heterocycles. The normalized spacial score (nSPS) is 13.5. The zero-order valence-corrected chi connectivity index (χ0v) is 18.9. The Balaban J connectivity index is 1.90. The molecule has 180 valence electrons. The Bertz CT molecular complexity index is 1290. The topological polar surface area (TPSA) is 118 Å². The molecule has 0 aliphatic carbocycles. The third-order valence-electron chi connectivity index (χ3n) is 5.51. The second-order valence-electron chi connectivity index (χ2n) is 7.78. The van der Waals surface area contributed by atoms with Gasteiger partial charge in [-0.1, -0.05) is 11.6 Å². The van der Waals surface area contributed by atoms with E-state index >= 15 is 0 Å². The summed E-state index contributed by atoms with van der Waals surface area (Å²) >= 11 is 6.61. The number of ether oxygens (including phenoxy) is 1. The smallest absolute Gasteiger partial charge is 0.418 e. The van der Waals surface area contributed by atoms with Crippen LogP contribution in [0.5, 0.6) is 5.75 Å². The van der Waals surface area contributed by atoms with E-state index in [2.05, 4.69) is 15.0 Å². The fourth-order valence-electron chi connectivity index (χ4n) is 3.90. The number of hydrogen-bond acceptors (Lipinski definition) is 7. The molecular formula is C21H20ClF3N6O3. The maximum absolute atomic E-state index is 13.9. The van der Waals surface area contributed by atoms with E-state index in [1.54, 1.807) is 0 Å². The van der Waals surface area contributed by atoms with Gasteiger partial charge < -0.3 is 25.4 Å². The van der Waals surface area contributed by atoms with Crippen molar-refractivity contribution >= 4 is 40.2 Å². The van der Waals surface area contributed by atoms with Gasteiger partial charge in [-0.15, -0.1) is 0 Å². The van der Waals surface area contributed by atoms with Crippen molar-refractivity contribution in [2.45, 2.75) is 13.1 Å². The number of nitrogens with two attached hydrogens (primary N) is 1. The van der Waals surface area contributed by atoms with Crippen LogP contribution < -0.4 is 15.4 Å². The second-order valence-corrected chi connectivity index (χ2v) is 8.16. The highest BCUT2D eigenvalue weighted by Gasteiger charge is 2.38. The minimum absolute atomic E-state index is 0.0180. The predicted molar refractivity (Wildman–Crippen MR) is 120 cm³/mol. The molecule has 0 unspecified atom stereocenters. The molecule has 0 saturated carbocycles. The van der Waals surface area contributed by atoms with Crippen molar-refractivity contribution in [2.75, 3.05) is 43.9 Å². The Morgan fingerprint density at radius 3 is 2.76 bits per heavy atom. The molecule has 3 heterocycles. The number of nitrogen functional groups attached to an aromatic ring is 1. The summed E-state index contributed by atoms with van der Waals surface area (Å²) in [5, 5.41) is 9.46. The Morgan fingerprint density at radius 2 is 2.09 bits per heavy atom. The first-order valence-corrected chi connectivity index (χ1v) is 10.5. The number of benzene rings is 1. The van der Waals surface area contributed by atoms with Crippen LogP contribution in [0.15, 0.2) is 18.5 Å². The highest BCUT2D eigenvalue weighted by molar-refractivity contribution is 6.36. The van der Waals surface area contributed by atoms with Gasteiger partial charge in [0.25, 0.3) is 0 Å². The summed E-state index contributed by atoms with van der Waals surface area (Å²) in [4.78, 5) is 26.6. The van der Waals surface area contributed by atoms with Crippen LogP contribution in [0.2, 0.25) is 5.02 Å². The molecule has 3 aromatic rings. The van der Waals surface area contributed by atoms with Crippen molar-refractivity contribution < 1.29 is 27.8 Å². The summed E-state index contributed by atoms with van der Waals surface area (Å²) in [6.07, 6.45) is -4.49. The standard InChI is InChI=1S/C21H20ClF3N6O3/c1-10-7-13(26)29-17(15(10)21(23,24)25)11-8-12-14-18(16(11)22)34-6-5-31(19(14)28-9-27-12)4-3-30(2)20(32)33/h7-9H,3-6H2,1-2H3,(H2,26,29)(H,32,33). The first-order valence-electron chi connectivity index (χ1n) is 10.1. The second kappa shape index (κ2) is 8.67. The molecule has 0 saturated heterocycles. The SMILES string of the molecule is Cc1cc(N)nc(-c2cc3ncnc4c3c(c2Cl)OCCN4CCN(C)C(=O)O)c1C(F)(F)F. The summed E-state index contributed by atoms with van der Waals surface area (Å²) in [5.41, 5.74) is 4.60. The molecule has 1 amide bonds. The van der Waals surface area contributed by atoms with Gasteiger partial charge in [0.2, 0.25) is 0 Å². The average Bonchev–Trinajstić information content (AvgIpc) is 2.93. The number of aryl methyl sites for hydroxylation is 1. The van der Waals surface area contributed by atoms with Crippen LogP contribution in [0.4, 0.5) is 29.6 Å². The lowest BCUT2D eigenvalue weighted by molar-refractivity contribution is -0.137. The van der Waals surface area contributed by atoms with Crippen molar-refractivity contribution in [3.05, 3.63) is 34.6 Å². The molecule has 3 N–H and O–H groups in total. The molecule has 0 fully saturated rings. The lowest BCUT2D eigenvalue weighted by Crippen LogP contribution is -2.37. The molecule has 1 aromatic carbocycles. The van der Waals surface area contributed by atoms with E-state index in [0.29, 0.717) is 29.8 Å². The minimum atomic E-state index is -4.70. The Labute approximate surface area is 196 Å². The van der Waals surface area contributed by atoms with Crippen LogP contribution in [0.1, 0.15) is 11.1 Å². The molecule has 34 heavy (non-hydrogen) atoms. The zero-order valence-electron chi connectivity index (χ0n) is 18.1. The number of likely N-dealkylation sites (N-methyl/N-ethyl adjacent to an activating group) is 1. The van der Waals surface area contributed by atoms with Gasteiger partial charge in [-0.3, -0.25) is 0 Å². The van der Waals surface area contributed by atoms with E-state index in [9.17, 15) is 18.0 Å². The van der Waals surface area contributed by atoms with Crippen molar-refractivity contribution in [1.82, 2.24) is 19.9 Å². The molecule has 0 radical (unpaired) electrons. The molecule has 0 bridgehead atoms. The summed E-state index contributed by atoms with van der Waals surface area (Å²) in [7, 11) is 1.45. The van der Waals surface area contributed by atoms with Crippen molar-refractivity contribution in [3.8, 4) is 17.0 Å². The largest absolute Gasteiger partial charge is 0.489 e. The van der Waals surface area contributed by atoms with Crippen LogP contribution >= 0.6 is 11.6 Å². The van der Waals surface area contributed by atoms with Gasteiger partial charge in [0, 0.05) is 25.7 Å². The molecule has 1 aliphatic heterocycles. The van der Waals surface area contributed by atoms with Crippen LogP contribution in [0.25, 0.3) is 22.2 Å². The van der Waals surface area contributed by atoms with E-state index in [4.69, 9.17) is 27.2 Å². The summed E-state index contributed by atoms with van der Waals surface area (Å²) < 4.78 is 47.6. The van der Waals surface area contributed by atoms with Gasteiger partial charge in [0.05, 0.1) is 33.7 Å². The third kappa shape index (κ3) is 4.20. The van der Waals surface area contributed by atoms with Crippen LogP contribution in [-0.4, -0.2) is 64.3 Å². The lowest BCUT2D eigenvalue weighted by atomic mass is 9.99. The highest BCUT2D eigenvalue weighted by atomic mass is 35.5. The number of anilines is 2. The number of aromatic nitrogens is 3. The Hall–Kier alpha value is -3.54. The van der Waals surface area contributed by atoms with Crippen LogP contribution in [0, 0.1) is 6.92 Å². The molecule has 9 nitrogen and oxygen atoms in total. The number of halogens is 4. The minimum Gasteiger partial charge on any atom is -0.489 e. The van der Waals surface area contributed by atoms with Gasteiger partial charge in [-0.2, -0.15) is 13.2 Å². The number of amides is 1. The van der Waals surface area contributed by atoms with Gasteiger partial charge in [-0.25, -0.2) is 19.7 Å². The maximum Gasteiger partial charge on any atom is 0.418 e. The highest BCUT2D eigenvalue weighted by Crippen LogP contribution is 2.47. The number of rotatable bonds is 4. The van der Waals surface area contributed by atoms with Crippen LogP contribution in [-0.2, 0) is 6.18 Å². The molecule has 13 heteroatoms. The van der Waals surface area contributed by atoms with E-state index in [1.165, 1.54) is 26.4 Å². The van der Waals surface area contributed by atoms with Crippen LogP contribution in [0.3, 0.4) is 0 Å². The fourth-order valence-corrected chi connectivity index (χ4v) is 4.19. The number of carboxylic acid groups (broad SMARTS) is 1. The molecule has 4 rings (SSSR count). The summed E-state index contributed by atoms with van der Waals surface area (Å²) in [5.74, 6) is 0.493. The lowest BCUT2D eigenvalue weighted by Gasteiger charge is -2.24. The number of hydrogen-bond donors (Lipinski definition) is 2. The third-order valence-corrected chi connectivity index (χ3v) is 5.89. The zero-order chi connectivity index (χ0) is 24.8.